The Kier molecular flexibility index (Phi) is 9.96. The van der Waals surface area contributed by atoms with E-state index in [0.717, 1.165) is 18.7 Å². The maximum Gasteiger partial charge on any atom is 0.410 e. The fourth-order valence-electron chi connectivity index (χ4n) is 3.69. The molecule has 8 nitrogen and oxygen atoms in total. The molecule has 2 saturated heterocycles. The molecule has 0 radical (unpaired) electrons. The molecular formula is C22H35FIN5O3. The van der Waals surface area contributed by atoms with Crippen molar-refractivity contribution in [3.63, 3.8) is 0 Å². The number of nitrogens with zero attached hydrogens (tertiary/aromatic N) is 3. The van der Waals surface area contributed by atoms with E-state index in [1.54, 1.807) is 24.1 Å². The first-order chi connectivity index (χ1) is 14.7. The van der Waals surface area contributed by atoms with Crippen molar-refractivity contribution in [2.75, 3.05) is 53.0 Å². The number of hydrogen-bond acceptors (Lipinski definition) is 5. The Labute approximate surface area is 206 Å². The van der Waals surface area contributed by atoms with Crippen molar-refractivity contribution in [2.24, 2.45) is 4.99 Å². The number of ether oxygens (including phenoxy) is 2. The average Bonchev–Trinajstić information content (AvgIpc) is 2.68. The van der Waals surface area contributed by atoms with Crippen molar-refractivity contribution in [1.82, 2.24) is 20.4 Å². The predicted octanol–water partition coefficient (Wildman–Crippen LogP) is 2.60. The maximum absolute atomic E-state index is 13.8. The number of likely N-dealkylation sites (tertiary alicyclic amines) is 1. The highest BCUT2D eigenvalue weighted by molar-refractivity contribution is 14.0. The molecule has 180 valence electrons. The van der Waals surface area contributed by atoms with Gasteiger partial charge in [-0.25, -0.2) is 9.18 Å². The number of nitrogens with one attached hydrogen (secondary N) is 2. The van der Waals surface area contributed by atoms with Crippen LogP contribution in [0.4, 0.5) is 9.18 Å². The van der Waals surface area contributed by atoms with Crippen molar-refractivity contribution in [3.05, 3.63) is 35.6 Å². The first-order valence-corrected chi connectivity index (χ1v) is 10.8. The van der Waals surface area contributed by atoms with Gasteiger partial charge in [0.25, 0.3) is 0 Å². The highest BCUT2D eigenvalue weighted by Crippen LogP contribution is 2.22. The third-order valence-electron chi connectivity index (χ3n) is 5.28. The van der Waals surface area contributed by atoms with Crippen LogP contribution < -0.4 is 10.6 Å². The third kappa shape index (κ3) is 7.73. The van der Waals surface area contributed by atoms with Gasteiger partial charge in [0, 0.05) is 39.8 Å². The van der Waals surface area contributed by atoms with E-state index in [1.165, 1.54) is 6.07 Å². The monoisotopic (exact) mass is 563 g/mol. The quantitative estimate of drug-likeness (QED) is 0.326. The number of halogens is 2. The summed E-state index contributed by atoms with van der Waals surface area (Å²) in [6, 6.07) is 6.84. The summed E-state index contributed by atoms with van der Waals surface area (Å²) in [6.07, 6.45) is -0.299. The summed E-state index contributed by atoms with van der Waals surface area (Å²) in [5, 5.41) is 6.71. The van der Waals surface area contributed by atoms with Gasteiger partial charge in [0.1, 0.15) is 11.4 Å². The van der Waals surface area contributed by atoms with Gasteiger partial charge in [-0.05, 0) is 38.5 Å². The summed E-state index contributed by atoms with van der Waals surface area (Å²) in [6.45, 7) is 10.2. The van der Waals surface area contributed by atoms with Crippen LogP contribution in [0.25, 0.3) is 0 Å². The number of rotatable bonds is 5. The average molecular weight is 563 g/mol. The van der Waals surface area contributed by atoms with E-state index in [4.69, 9.17) is 9.47 Å². The molecule has 1 unspecified atom stereocenters. The van der Waals surface area contributed by atoms with E-state index in [9.17, 15) is 9.18 Å². The number of hydrogen-bond donors (Lipinski definition) is 2. The summed E-state index contributed by atoms with van der Waals surface area (Å²) in [5.74, 6) is 0.415. The van der Waals surface area contributed by atoms with Gasteiger partial charge >= 0.3 is 6.09 Å². The Morgan fingerprint density at radius 1 is 1.31 bits per heavy atom. The molecule has 1 amide bonds. The Balaban J connectivity index is 0.00000363. The highest BCUT2D eigenvalue weighted by atomic mass is 127. The van der Waals surface area contributed by atoms with E-state index < -0.39 is 5.60 Å². The predicted molar refractivity (Wildman–Crippen MR) is 133 cm³/mol. The number of amides is 1. The number of carbonyl (C=O) groups excluding carboxylic acids is 1. The lowest BCUT2D eigenvalue weighted by Crippen LogP contribution is -2.63. The second-order valence-corrected chi connectivity index (χ2v) is 8.90. The molecule has 0 spiro atoms. The molecule has 32 heavy (non-hydrogen) atoms. The first-order valence-electron chi connectivity index (χ1n) is 10.8. The van der Waals surface area contributed by atoms with Crippen molar-refractivity contribution < 1.29 is 18.7 Å². The van der Waals surface area contributed by atoms with E-state index >= 15 is 0 Å². The zero-order valence-electron chi connectivity index (χ0n) is 19.3. The van der Waals surface area contributed by atoms with Crippen LogP contribution in [0, 0.1) is 5.82 Å². The smallest absolute Gasteiger partial charge is 0.410 e. The topological polar surface area (TPSA) is 78.4 Å². The third-order valence-corrected chi connectivity index (χ3v) is 5.28. The zero-order valence-corrected chi connectivity index (χ0v) is 21.6. The van der Waals surface area contributed by atoms with Gasteiger partial charge in [-0.1, -0.05) is 12.1 Å². The van der Waals surface area contributed by atoms with Crippen LogP contribution in [-0.4, -0.2) is 86.5 Å². The van der Waals surface area contributed by atoms with Crippen LogP contribution in [0.1, 0.15) is 32.4 Å². The fraction of sp³-hybridized carbons (Fsp3) is 0.636. The van der Waals surface area contributed by atoms with Crippen LogP contribution in [0.3, 0.4) is 0 Å². The molecule has 2 fully saturated rings. The summed E-state index contributed by atoms with van der Waals surface area (Å²) in [4.78, 5) is 20.4. The lowest BCUT2D eigenvalue weighted by Gasteiger charge is -2.41. The minimum atomic E-state index is -0.501. The second kappa shape index (κ2) is 12.0. The molecule has 0 aromatic heterocycles. The van der Waals surface area contributed by atoms with Crippen molar-refractivity contribution in [3.8, 4) is 0 Å². The van der Waals surface area contributed by atoms with Crippen LogP contribution in [-0.2, 0) is 9.47 Å². The molecular weight excluding hydrogens is 528 g/mol. The number of benzene rings is 1. The van der Waals surface area contributed by atoms with Crippen LogP contribution in [0.5, 0.6) is 0 Å². The van der Waals surface area contributed by atoms with Gasteiger partial charge in [-0.2, -0.15) is 0 Å². The first kappa shape index (κ1) is 26.6. The van der Waals surface area contributed by atoms with Crippen molar-refractivity contribution in [1.29, 1.82) is 0 Å². The number of carbonyl (C=O) groups is 1. The van der Waals surface area contributed by atoms with Gasteiger partial charge in [0.05, 0.1) is 25.3 Å². The van der Waals surface area contributed by atoms with Gasteiger partial charge in [0.2, 0.25) is 0 Å². The van der Waals surface area contributed by atoms with Crippen molar-refractivity contribution >= 4 is 36.0 Å². The lowest BCUT2D eigenvalue weighted by atomic mass is 10.0. The minimum Gasteiger partial charge on any atom is -0.444 e. The van der Waals surface area contributed by atoms with Gasteiger partial charge < -0.3 is 25.0 Å². The van der Waals surface area contributed by atoms with Crippen LogP contribution in [0.15, 0.2) is 29.3 Å². The molecule has 2 aliphatic rings. The fourth-order valence-corrected chi connectivity index (χ4v) is 3.69. The zero-order chi connectivity index (χ0) is 22.4. The van der Waals surface area contributed by atoms with E-state index in [2.05, 4.69) is 20.5 Å². The van der Waals surface area contributed by atoms with Crippen LogP contribution in [0.2, 0.25) is 0 Å². The molecule has 0 aliphatic carbocycles. The van der Waals surface area contributed by atoms with E-state index in [-0.39, 0.29) is 48.0 Å². The normalized spacial score (nSPS) is 18.9. The SMILES string of the molecule is CN=C(NCC(c1cccc(F)c1)N1CCOCC1)NC1CN(C(=O)OC(C)(C)C)C1.I. The second-order valence-electron chi connectivity index (χ2n) is 8.90. The van der Waals surface area contributed by atoms with Gasteiger partial charge in [0.15, 0.2) is 5.96 Å². The van der Waals surface area contributed by atoms with E-state index in [1.807, 2.05) is 26.8 Å². The summed E-state index contributed by atoms with van der Waals surface area (Å²) in [5.41, 5.74) is 0.420. The highest BCUT2D eigenvalue weighted by Gasteiger charge is 2.34. The molecule has 1 atom stereocenters. The number of morpholine rings is 1. The largest absolute Gasteiger partial charge is 0.444 e. The molecule has 2 N–H and O–H groups in total. The van der Waals surface area contributed by atoms with Crippen molar-refractivity contribution in [2.45, 2.75) is 38.5 Å². The molecule has 1 aromatic rings. The maximum atomic E-state index is 13.8. The number of aliphatic imine (C=N–C) groups is 1. The Hall–Kier alpha value is -1.66. The molecule has 3 rings (SSSR count). The molecule has 0 bridgehead atoms. The standard InChI is InChI=1S/C22H34FN5O3.HI/c1-22(2,3)31-21(29)28-14-18(15-28)26-20(24-4)25-13-19(27-8-10-30-11-9-27)16-6-5-7-17(23)12-16;/h5-7,12,18-19H,8-11,13-15H2,1-4H3,(H2,24,25,26);1H. The lowest BCUT2D eigenvalue weighted by molar-refractivity contribution is 0.00687. The summed E-state index contributed by atoms with van der Waals surface area (Å²) >= 11 is 0. The molecule has 1 aromatic carbocycles. The Morgan fingerprint density at radius 2 is 2.00 bits per heavy atom. The van der Waals surface area contributed by atoms with Gasteiger partial charge in [-0.15, -0.1) is 24.0 Å². The molecule has 10 heteroatoms. The molecule has 2 aliphatic heterocycles. The number of guanidine groups is 1. The van der Waals surface area contributed by atoms with Crippen LogP contribution >= 0.6 is 24.0 Å². The van der Waals surface area contributed by atoms with E-state index in [0.29, 0.717) is 38.8 Å². The molecule has 0 saturated carbocycles. The summed E-state index contributed by atoms with van der Waals surface area (Å²) in [7, 11) is 1.71. The van der Waals surface area contributed by atoms with Gasteiger partial charge in [-0.3, -0.25) is 9.89 Å². The minimum absolute atomic E-state index is 0. The summed E-state index contributed by atoms with van der Waals surface area (Å²) < 4.78 is 24.7. The molecule has 2 heterocycles. The Bertz CT molecular complexity index is 777. The Morgan fingerprint density at radius 3 is 2.59 bits per heavy atom.